The van der Waals surface area contributed by atoms with E-state index >= 15 is 0 Å². The van der Waals surface area contributed by atoms with Crippen LogP contribution in [0.1, 0.15) is 49.4 Å². The molecular weight excluding hydrogens is 340 g/mol. The smallest absolute Gasteiger partial charge is 0.257 e. The number of hydrogen-bond donors (Lipinski definition) is 2. The van der Waals surface area contributed by atoms with Crippen LogP contribution in [0, 0.1) is 17.6 Å². The third-order valence-electron chi connectivity index (χ3n) is 5.53. The van der Waals surface area contributed by atoms with Crippen LogP contribution >= 0.6 is 0 Å². The summed E-state index contributed by atoms with van der Waals surface area (Å²) in [5, 5.41) is 2.83. The third-order valence-corrected chi connectivity index (χ3v) is 5.53. The molecule has 142 valence electrons. The van der Waals surface area contributed by atoms with Crippen molar-refractivity contribution < 1.29 is 18.4 Å². The van der Waals surface area contributed by atoms with Crippen molar-refractivity contribution in [1.29, 1.82) is 0 Å². The van der Waals surface area contributed by atoms with Crippen LogP contribution in [0.25, 0.3) is 0 Å². The molecule has 3 N–H and O–H groups in total. The number of likely N-dealkylation sites (tertiary alicyclic amines) is 1. The Bertz CT molecular complexity index is 697. The molecule has 1 aromatic rings. The highest BCUT2D eigenvalue weighted by Crippen LogP contribution is 2.40. The number of nitrogens with one attached hydrogen (secondary N) is 1. The minimum absolute atomic E-state index is 0.0790. The zero-order valence-corrected chi connectivity index (χ0v) is 14.9. The number of carbonyl (C=O) groups is 2. The lowest BCUT2D eigenvalue weighted by Gasteiger charge is -2.34. The first-order valence-corrected chi connectivity index (χ1v) is 9.20. The molecule has 7 heteroatoms. The van der Waals surface area contributed by atoms with Gasteiger partial charge in [0.2, 0.25) is 5.91 Å². The molecule has 0 bridgehead atoms. The number of rotatable bonds is 4. The Morgan fingerprint density at radius 2 is 2.04 bits per heavy atom. The van der Waals surface area contributed by atoms with E-state index in [1.807, 2.05) is 0 Å². The number of hydrogen-bond acceptors (Lipinski definition) is 3. The monoisotopic (exact) mass is 365 g/mol. The van der Waals surface area contributed by atoms with Crippen molar-refractivity contribution >= 4 is 11.8 Å². The Labute approximate surface area is 151 Å². The second-order valence-electron chi connectivity index (χ2n) is 7.35. The van der Waals surface area contributed by atoms with Gasteiger partial charge < -0.3 is 16.0 Å². The summed E-state index contributed by atoms with van der Waals surface area (Å²) >= 11 is 0. The van der Waals surface area contributed by atoms with E-state index in [2.05, 4.69) is 5.32 Å². The van der Waals surface area contributed by atoms with Crippen molar-refractivity contribution in [2.24, 2.45) is 11.7 Å². The van der Waals surface area contributed by atoms with E-state index in [0.29, 0.717) is 19.0 Å². The first-order chi connectivity index (χ1) is 12.4. The second kappa shape index (κ2) is 7.70. The number of nitrogens with zero attached hydrogens (tertiary/aromatic N) is 1. The number of nitrogens with two attached hydrogens (primary N) is 1. The summed E-state index contributed by atoms with van der Waals surface area (Å²) < 4.78 is 27.4. The molecule has 1 saturated heterocycles. The molecule has 3 rings (SSSR count). The molecule has 3 unspecified atom stereocenters. The standard InChI is InChI=1S/C19H25F2N3O2/c1-11(10-22)23-18(25)17-8-12-4-2-3-5-16(12)24(17)19(26)14-7-6-13(20)9-15(14)21/h6-7,9,11-12,16-17H,2-5,8,10,22H2,1H3,(H,23,25)/t11-,12?,16?,17?/m0/s1. The van der Waals surface area contributed by atoms with Crippen molar-refractivity contribution in [1.82, 2.24) is 10.2 Å². The highest BCUT2D eigenvalue weighted by Gasteiger charge is 2.48. The molecule has 1 aromatic carbocycles. The van der Waals surface area contributed by atoms with Gasteiger partial charge in [0.1, 0.15) is 17.7 Å². The van der Waals surface area contributed by atoms with E-state index in [1.54, 1.807) is 6.92 Å². The lowest BCUT2D eigenvalue weighted by atomic mass is 9.84. The zero-order chi connectivity index (χ0) is 18.8. The zero-order valence-electron chi connectivity index (χ0n) is 14.9. The van der Waals surface area contributed by atoms with Crippen LogP contribution in [0.15, 0.2) is 18.2 Å². The molecule has 26 heavy (non-hydrogen) atoms. The molecule has 5 nitrogen and oxygen atoms in total. The van der Waals surface area contributed by atoms with Crippen molar-refractivity contribution in [3.05, 3.63) is 35.4 Å². The minimum atomic E-state index is -0.899. The Balaban J connectivity index is 1.90. The largest absolute Gasteiger partial charge is 0.351 e. The predicted octanol–water partition coefficient (Wildman–Crippen LogP) is 2.20. The van der Waals surface area contributed by atoms with Gasteiger partial charge in [0.25, 0.3) is 5.91 Å². The van der Waals surface area contributed by atoms with Crippen LogP contribution in [-0.4, -0.2) is 41.4 Å². The van der Waals surface area contributed by atoms with Gasteiger partial charge in [0, 0.05) is 24.7 Å². The molecular formula is C19H25F2N3O2. The van der Waals surface area contributed by atoms with E-state index in [1.165, 1.54) is 4.90 Å². The molecule has 1 saturated carbocycles. The lowest BCUT2D eigenvalue weighted by Crippen LogP contribution is -2.52. The fourth-order valence-electron chi connectivity index (χ4n) is 4.19. The van der Waals surface area contributed by atoms with Crippen molar-refractivity contribution in [2.75, 3.05) is 6.54 Å². The van der Waals surface area contributed by atoms with Crippen LogP contribution in [-0.2, 0) is 4.79 Å². The molecule has 1 aliphatic heterocycles. The van der Waals surface area contributed by atoms with E-state index in [-0.39, 0.29) is 29.5 Å². The normalized spacial score (nSPS) is 26.3. The first kappa shape index (κ1) is 18.8. The molecule has 2 aliphatic rings. The molecule has 4 atom stereocenters. The molecule has 0 aromatic heterocycles. The highest BCUT2D eigenvalue weighted by molar-refractivity contribution is 5.98. The van der Waals surface area contributed by atoms with Gasteiger partial charge in [0.15, 0.2) is 0 Å². The number of fused-ring (bicyclic) bond motifs is 1. The summed E-state index contributed by atoms with van der Waals surface area (Å²) in [6.45, 7) is 2.09. The number of halogens is 2. The van der Waals surface area contributed by atoms with E-state index < -0.39 is 23.6 Å². The van der Waals surface area contributed by atoms with Crippen molar-refractivity contribution in [2.45, 2.75) is 57.2 Å². The van der Waals surface area contributed by atoms with E-state index in [4.69, 9.17) is 5.73 Å². The van der Waals surface area contributed by atoms with Crippen LogP contribution in [0.3, 0.4) is 0 Å². The van der Waals surface area contributed by atoms with Gasteiger partial charge in [-0.2, -0.15) is 0 Å². The first-order valence-electron chi connectivity index (χ1n) is 9.20. The molecule has 2 amide bonds. The van der Waals surface area contributed by atoms with Gasteiger partial charge in [0.05, 0.1) is 5.56 Å². The summed E-state index contributed by atoms with van der Waals surface area (Å²) in [6.07, 6.45) is 4.38. The molecule has 0 spiro atoms. The van der Waals surface area contributed by atoms with Gasteiger partial charge in [-0.15, -0.1) is 0 Å². The van der Waals surface area contributed by atoms with Gasteiger partial charge in [-0.1, -0.05) is 12.8 Å². The fourth-order valence-corrected chi connectivity index (χ4v) is 4.19. The van der Waals surface area contributed by atoms with Gasteiger partial charge in [-0.25, -0.2) is 8.78 Å². The van der Waals surface area contributed by atoms with Crippen molar-refractivity contribution in [3.8, 4) is 0 Å². The van der Waals surface area contributed by atoms with Crippen LogP contribution in [0.5, 0.6) is 0 Å². The summed E-state index contributed by atoms with van der Waals surface area (Å²) in [6, 6.07) is 1.99. The van der Waals surface area contributed by atoms with Gasteiger partial charge in [-0.05, 0) is 44.2 Å². The SMILES string of the molecule is C[C@@H](CN)NC(=O)C1CC2CCCCC2N1C(=O)c1ccc(F)cc1F. The molecule has 1 heterocycles. The molecule has 1 aliphatic carbocycles. The summed E-state index contributed by atoms with van der Waals surface area (Å²) in [4.78, 5) is 27.3. The van der Waals surface area contributed by atoms with Crippen LogP contribution < -0.4 is 11.1 Å². The van der Waals surface area contributed by atoms with Gasteiger partial charge in [-0.3, -0.25) is 9.59 Å². The van der Waals surface area contributed by atoms with Gasteiger partial charge >= 0.3 is 0 Å². The van der Waals surface area contributed by atoms with E-state index in [9.17, 15) is 18.4 Å². The number of amides is 2. The molecule has 2 fully saturated rings. The second-order valence-corrected chi connectivity index (χ2v) is 7.35. The highest BCUT2D eigenvalue weighted by atomic mass is 19.1. The summed E-state index contributed by atoms with van der Waals surface area (Å²) in [5.41, 5.74) is 5.38. The Hall–Kier alpha value is -2.02. The third kappa shape index (κ3) is 3.58. The maximum atomic E-state index is 14.2. The quantitative estimate of drug-likeness (QED) is 0.859. The Kier molecular flexibility index (Phi) is 5.55. The fraction of sp³-hybridized carbons (Fsp3) is 0.579. The van der Waals surface area contributed by atoms with Crippen LogP contribution in [0.2, 0.25) is 0 Å². The average Bonchev–Trinajstić information content (AvgIpc) is 3.00. The number of benzene rings is 1. The topological polar surface area (TPSA) is 75.4 Å². The lowest BCUT2D eigenvalue weighted by molar-refractivity contribution is -0.125. The predicted molar refractivity (Wildman–Crippen MR) is 93.3 cm³/mol. The minimum Gasteiger partial charge on any atom is -0.351 e. The Morgan fingerprint density at radius 3 is 2.73 bits per heavy atom. The Morgan fingerprint density at radius 1 is 1.31 bits per heavy atom. The summed E-state index contributed by atoms with van der Waals surface area (Å²) in [5.74, 6) is -2.20. The maximum absolute atomic E-state index is 14.2. The van der Waals surface area contributed by atoms with E-state index in [0.717, 1.165) is 37.8 Å². The molecule has 0 radical (unpaired) electrons. The van der Waals surface area contributed by atoms with Crippen LogP contribution in [0.4, 0.5) is 8.78 Å². The summed E-state index contributed by atoms with van der Waals surface area (Å²) in [7, 11) is 0. The van der Waals surface area contributed by atoms with Crippen molar-refractivity contribution in [3.63, 3.8) is 0 Å². The maximum Gasteiger partial charge on any atom is 0.257 e. The average molecular weight is 365 g/mol. The number of carbonyl (C=O) groups excluding carboxylic acids is 2.